The summed E-state index contributed by atoms with van der Waals surface area (Å²) in [6, 6.07) is -4.37. The normalized spacial score (nSPS) is 21.0. The molecule has 2 fully saturated rings. The van der Waals surface area contributed by atoms with E-state index in [1.165, 1.54) is 40.5 Å². The van der Waals surface area contributed by atoms with Crippen LogP contribution in [0.1, 0.15) is 127 Å². The molecule has 2 saturated heterocycles. The number of hydrogen-bond donors (Lipinski definition) is 1. The summed E-state index contributed by atoms with van der Waals surface area (Å²) >= 11 is 0. The SMILES string of the molecule is CCCCC(C)CC(C)C(=O)N(C)[C@@H](CC(C)C)C(=O)N[C@H](C(=O)N(C)[C@H](C(=O)N1CCC[C@H]1C(=O)N1C(=O)CCC1C)C(C)C)[C@@H](C)OC(C)=O. The first-order chi connectivity index (χ1) is 24.2. The van der Waals surface area contributed by atoms with Gasteiger partial charge in [0, 0.05) is 45.9 Å². The van der Waals surface area contributed by atoms with Gasteiger partial charge in [0.2, 0.25) is 29.5 Å². The highest BCUT2D eigenvalue weighted by atomic mass is 16.5. The molecule has 0 saturated carbocycles. The molecule has 3 unspecified atom stereocenters. The molecular weight excluding hydrogens is 666 g/mol. The fraction of sp³-hybridized carbons (Fsp3) is 0.821. The Morgan fingerprint density at radius 2 is 1.56 bits per heavy atom. The topological polar surface area (TPSA) is 154 Å². The Labute approximate surface area is 311 Å². The average Bonchev–Trinajstić information content (AvgIpc) is 3.69. The maximum absolute atomic E-state index is 14.4. The summed E-state index contributed by atoms with van der Waals surface area (Å²) < 4.78 is 5.43. The number of unbranched alkanes of at least 4 members (excludes halogenated alkanes) is 1. The van der Waals surface area contributed by atoms with Crippen molar-refractivity contribution in [1.29, 1.82) is 0 Å². The summed E-state index contributed by atoms with van der Waals surface area (Å²) in [6.07, 6.45) is 4.93. The number of nitrogens with zero attached hydrogens (tertiary/aromatic N) is 4. The minimum Gasteiger partial charge on any atom is -0.460 e. The van der Waals surface area contributed by atoms with Crippen LogP contribution in [0.4, 0.5) is 0 Å². The molecule has 2 heterocycles. The van der Waals surface area contributed by atoms with Gasteiger partial charge in [-0.15, -0.1) is 0 Å². The van der Waals surface area contributed by atoms with Crippen LogP contribution in [0.25, 0.3) is 0 Å². The number of rotatable bonds is 18. The van der Waals surface area contributed by atoms with Crippen molar-refractivity contribution in [2.45, 2.75) is 163 Å². The maximum atomic E-state index is 14.4. The molecule has 0 aromatic carbocycles. The smallest absolute Gasteiger partial charge is 0.302 e. The maximum Gasteiger partial charge on any atom is 0.302 e. The standard InChI is InChI=1S/C39H67N5O8/c1-13-14-16-25(6)22-26(7)36(48)41(11)31(21-23(2)3)35(47)40-33(28(9)52-29(10)45)38(50)42(12)34(24(4)5)39(51)43-20-15-17-30(43)37(49)44-27(8)18-19-32(44)46/h23-28,30-31,33-34H,13-22H2,1-12H3,(H,40,47)/t25?,26?,27?,28-,30+,31+,33+,34+/m1/s1. The van der Waals surface area contributed by atoms with E-state index >= 15 is 0 Å². The predicted molar refractivity (Wildman–Crippen MR) is 198 cm³/mol. The van der Waals surface area contributed by atoms with Crippen molar-refractivity contribution < 1.29 is 38.3 Å². The molecular formula is C39H67N5O8. The lowest BCUT2D eigenvalue weighted by Gasteiger charge is -2.38. The summed E-state index contributed by atoms with van der Waals surface area (Å²) in [7, 11) is 3.07. The van der Waals surface area contributed by atoms with Crippen LogP contribution in [0.5, 0.6) is 0 Å². The van der Waals surface area contributed by atoms with Crippen LogP contribution >= 0.6 is 0 Å². The summed E-state index contributed by atoms with van der Waals surface area (Å²) in [6.45, 7) is 18.4. The number of likely N-dealkylation sites (N-methyl/N-ethyl adjacent to an activating group) is 2. The molecule has 8 atom stereocenters. The quantitative estimate of drug-likeness (QED) is 0.163. The van der Waals surface area contributed by atoms with Gasteiger partial charge in [0.25, 0.3) is 5.91 Å². The number of imide groups is 1. The predicted octanol–water partition coefficient (Wildman–Crippen LogP) is 4.16. The molecule has 296 valence electrons. The average molecular weight is 734 g/mol. The van der Waals surface area contributed by atoms with Crippen molar-refractivity contribution in [2.24, 2.45) is 23.7 Å². The van der Waals surface area contributed by atoms with Crippen molar-refractivity contribution in [3.63, 3.8) is 0 Å². The number of hydrogen-bond acceptors (Lipinski definition) is 8. The fourth-order valence-corrected chi connectivity index (χ4v) is 7.76. The molecule has 2 rings (SSSR count). The molecule has 2 aliphatic rings. The van der Waals surface area contributed by atoms with E-state index in [1.807, 2.05) is 27.7 Å². The van der Waals surface area contributed by atoms with E-state index in [9.17, 15) is 33.6 Å². The minimum absolute atomic E-state index is 0.0328. The van der Waals surface area contributed by atoms with E-state index in [0.29, 0.717) is 44.6 Å². The van der Waals surface area contributed by atoms with Gasteiger partial charge in [-0.25, -0.2) is 0 Å². The molecule has 0 aliphatic carbocycles. The Morgan fingerprint density at radius 3 is 2.08 bits per heavy atom. The van der Waals surface area contributed by atoms with Gasteiger partial charge in [-0.05, 0) is 63.7 Å². The summed E-state index contributed by atoms with van der Waals surface area (Å²) in [4.78, 5) is 100. The van der Waals surface area contributed by atoms with Gasteiger partial charge in [0.15, 0.2) is 0 Å². The number of ether oxygens (including phenoxy) is 1. The largest absolute Gasteiger partial charge is 0.460 e. The Kier molecular flexibility index (Phi) is 17.2. The molecule has 1 N–H and O–H groups in total. The van der Waals surface area contributed by atoms with Crippen LogP contribution in [0.2, 0.25) is 0 Å². The molecule has 13 nitrogen and oxygen atoms in total. The molecule has 52 heavy (non-hydrogen) atoms. The van der Waals surface area contributed by atoms with Gasteiger partial charge in [0.1, 0.15) is 30.3 Å². The monoisotopic (exact) mass is 733 g/mol. The molecule has 0 bridgehead atoms. The van der Waals surface area contributed by atoms with E-state index in [2.05, 4.69) is 19.2 Å². The Morgan fingerprint density at radius 1 is 0.923 bits per heavy atom. The minimum atomic E-state index is -1.38. The molecule has 6 amide bonds. The van der Waals surface area contributed by atoms with Gasteiger partial charge in [-0.1, -0.05) is 67.7 Å². The van der Waals surface area contributed by atoms with Crippen LogP contribution in [0.3, 0.4) is 0 Å². The molecule has 0 aromatic heterocycles. The van der Waals surface area contributed by atoms with Gasteiger partial charge < -0.3 is 24.8 Å². The Hall–Kier alpha value is -3.51. The number of likely N-dealkylation sites (tertiary alicyclic amines) is 2. The molecule has 13 heteroatoms. The van der Waals surface area contributed by atoms with E-state index in [0.717, 1.165) is 19.3 Å². The highest BCUT2D eigenvalue weighted by Crippen LogP contribution is 2.28. The van der Waals surface area contributed by atoms with Crippen molar-refractivity contribution in [3.8, 4) is 0 Å². The Bertz CT molecular complexity index is 1290. The van der Waals surface area contributed by atoms with Crippen molar-refractivity contribution in [3.05, 3.63) is 0 Å². The number of carbonyl (C=O) groups is 7. The second kappa shape index (κ2) is 20.1. The third-order valence-electron chi connectivity index (χ3n) is 10.6. The van der Waals surface area contributed by atoms with Gasteiger partial charge in [-0.2, -0.15) is 0 Å². The van der Waals surface area contributed by atoms with Crippen molar-refractivity contribution in [1.82, 2.24) is 24.9 Å². The number of esters is 1. The lowest BCUT2D eigenvalue weighted by molar-refractivity contribution is -0.157. The third-order valence-corrected chi connectivity index (χ3v) is 10.6. The van der Waals surface area contributed by atoms with Gasteiger partial charge >= 0.3 is 5.97 Å². The number of amides is 6. The van der Waals surface area contributed by atoms with Crippen molar-refractivity contribution >= 4 is 41.4 Å². The zero-order valence-corrected chi connectivity index (χ0v) is 33.9. The van der Waals surface area contributed by atoms with Gasteiger partial charge in [0.05, 0.1) is 0 Å². The third kappa shape index (κ3) is 11.5. The van der Waals surface area contributed by atoms with Crippen LogP contribution in [-0.4, -0.2) is 118 Å². The second-order valence-corrected chi connectivity index (χ2v) is 16.1. The zero-order chi connectivity index (χ0) is 39.6. The fourth-order valence-electron chi connectivity index (χ4n) is 7.76. The molecule has 0 aromatic rings. The number of carbonyl (C=O) groups excluding carboxylic acids is 7. The van der Waals surface area contributed by atoms with E-state index in [-0.39, 0.29) is 36.1 Å². The molecule has 0 radical (unpaired) electrons. The van der Waals surface area contributed by atoms with Crippen LogP contribution in [0, 0.1) is 23.7 Å². The van der Waals surface area contributed by atoms with E-state index < -0.39 is 65.8 Å². The van der Waals surface area contributed by atoms with E-state index in [4.69, 9.17) is 4.74 Å². The zero-order valence-electron chi connectivity index (χ0n) is 33.9. The first-order valence-corrected chi connectivity index (χ1v) is 19.4. The van der Waals surface area contributed by atoms with Crippen molar-refractivity contribution in [2.75, 3.05) is 20.6 Å². The lowest BCUT2D eigenvalue weighted by Crippen LogP contribution is -2.62. The highest BCUT2D eigenvalue weighted by Gasteiger charge is 2.46. The van der Waals surface area contributed by atoms with Crippen LogP contribution in [-0.2, 0) is 38.3 Å². The second-order valence-electron chi connectivity index (χ2n) is 16.1. The molecule has 0 spiro atoms. The summed E-state index contributed by atoms with van der Waals surface area (Å²) in [5.74, 6) is -3.45. The van der Waals surface area contributed by atoms with Crippen LogP contribution in [0.15, 0.2) is 0 Å². The number of nitrogens with one attached hydrogen (secondary N) is 1. The van der Waals surface area contributed by atoms with E-state index in [1.54, 1.807) is 20.9 Å². The first-order valence-electron chi connectivity index (χ1n) is 19.4. The van der Waals surface area contributed by atoms with Gasteiger partial charge in [-0.3, -0.25) is 38.5 Å². The first kappa shape index (κ1) is 44.7. The highest BCUT2D eigenvalue weighted by molar-refractivity contribution is 6.02. The lowest BCUT2D eigenvalue weighted by atomic mass is 9.91. The van der Waals surface area contributed by atoms with Crippen LogP contribution < -0.4 is 5.32 Å². The Balaban J connectivity index is 2.38. The summed E-state index contributed by atoms with van der Waals surface area (Å²) in [5.41, 5.74) is 0. The molecule has 2 aliphatic heterocycles. The summed E-state index contributed by atoms with van der Waals surface area (Å²) in [5, 5.41) is 2.80.